The van der Waals surface area contributed by atoms with E-state index in [4.69, 9.17) is 4.74 Å². The Bertz CT molecular complexity index is 912. The zero-order valence-corrected chi connectivity index (χ0v) is 15.4. The number of para-hydroxylation sites is 1. The van der Waals surface area contributed by atoms with E-state index in [-0.39, 0.29) is 23.4 Å². The van der Waals surface area contributed by atoms with Gasteiger partial charge in [0.05, 0.1) is 13.2 Å². The summed E-state index contributed by atoms with van der Waals surface area (Å²) in [5.74, 6) is 1.53. The van der Waals surface area contributed by atoms with Crippen molar-refractivity contribution in [2.45, 2.75) is 30.8 Å². The van der Waals surface area contributed by atoms with Crippen molar-refractivity contribution in [2.24, 2.45) is 5.92 Å². The summed E-state index contributed by atoms with van der Waals surface area (Å²) in [5, 5.41) is 5.21. The van der Waals surface area contributed by atoms with Gasteiger partial charge in [0.25, 0.3) is 11.5 Å². The zero-order valence-electron chi connectivity index (χ0n) is 15.4. The van der Waals surface area contributed by atoms with Crippen LogP contribution in [0.5, 0.6) is 5.75 Å². The lowest BCUT2D eigenvalue weighted by Crippen LogP contribution is -2.60. The van der Waals surface area contributed by atoms with E-state index in [9.17, 15) is 9.59 Å². The highest BCUT2D eigenvalue weighted by atomic mass is 16.5. The number of fused-ring (bicyclic) bond motifs is 2. The molecule has 27 heavy (non-hydrogen) atoms. The Morgan fingerprint density at radius 3 is 2.63 bits per heavy atom. The minimum Gasteiger partial charge on any atom is -0.496 e. The Balaban J connectivity index is 1.56. The van der Waals surface area contributed by atoms with Crippen molar-refractivity contribution in [1.82, 2.24) is 20.0 Å². The molecule has 4 aliphatic heterocycles. The van der Waals surface area contributed by atoms with Gasteiger partial charge in [0.1, 0.15) is 11.4 Å². The smallest absolute Gasteiger partial charge is 0.272 e. The van der Waals surface area contributed by atoms with Crippen LogP contribution in [0.3, 0.4) is 0 Å². The molecule has 0 saturated carbocycles. The molecule has 6 rings (SSSR count). The molecule has 0 spiro atoms. The molecule has 1 aromatic heterocycles. The molecule has 142 valence electrons. The lowest BCUT2D eigenvalue weighted by atomic mass is 9.75. The Labute approximate surface area is 157 Å². The monoisotopic (exact) mass is 368 g/mol. The van der Waals surface area contributed by atoms with Gasteiger partial charge in [-0.15, -0.1) is 0 Å². The fourth-order valence-corrected chi connectivity index (χ4v) is 5.50. The molecule has 1 aromatic carbocycles. The molecule has 3 atom stereocenters. The summed E-state index contributed by atoms with van der Waals surface area (Å²) in [6.45, 7) is 2.84. The Morgan fingerprint density at radius 1 is 1.15 bits per heavy atom. The van der Waals surface area contributed by atoms with Crippen molar-refractivity contribution >= 4 is 5.91 Å². The molecule has 5 heterocycles. The van der Waals surface area contributed by atoms with Crippen molar-refractivity contribution in [3.63, 3.8) is 0 Å². The van der Waals surface area contributed by atoms with Gasteiger partial charge in [-0.05, 0) is 37.9 Å². The van der Waals surface area contributed by atoms with Crippen molar-refractivity contribution in [2.75, 3.05) is 26.7 Å². The maximum Gasteiger partial charge on any atom is 0.272 e. The van der Waals surface area contributed by atoms with Crippen LogP contribution >= 0.6 is 0 Å². The average molecular weight is 368 g/mol. The third-order valence-corrected chi connectivity index (χ3v) is 6.62. The van der Waals surface area contributed by atoms with Gasteiger partial charge in [-0.25, -0.2) is 0 Å². The average Bonchev–Trinajstić information content (AvgIpc) is 3.33. The van der Waals surface area contributed by atoms with Gasteiger partial charge in [0.15, 0.2) is 0 Å². The summed E-state index contributed by atoms with van der Waals surface area (Å²) in [6, 6.07) is 9.99. The number of hydrogen-bond donors (Lipinski definition) is 2. The quantitative estimate of drug-likeness (QED) is 0.858. The summed E-state index contributed by atoms with van der Waals surface area (Å²) in [7, 11) is 1.70. The van der Waals surface area contributed by atoms with Crippen molar-refractivity contribution < 1.29 is 9.53 Å². The number of aromatic amines is 2. The number of aromatic nitrogens is 2. The molecule has 4 aliphatic rings. The summed E-state index contributed by atoms with van der Waals surface area (Å²) in [6.07, 6.45) is 2.26. The summed E-state index contributed by atoms with van der Waals surface area (Å²) < 4.78 is 5.63. The van der Waals surface area contributed by atoms with E-state index in [0.29, 0.717) is 24.2 Å². The lowest BCUT2D eigenvalue weighted by Gasteiger charge is -2.51. The molecule has 2 N–H and O–H groups in total. The number of carbonyl (C=O) groups excluding carboxylic acids is 1. The first-order valence-electron chi connectivity index (χ1n) is 9.63. The minimum absolute atomic E-state index is 0.0884. The second kappa shape index (κ2) is 6.27. The predicted octanol–water partition coefficient (Wildman–Crippen LogP) is 1.41. The van der Waals surface area contributed by atoms with Gasteiger partial charge < -0.3 is 9.64 Å². The first-order valence-corrected chi connectivity index (χ1v) is 9.63. The molecule has 4 saturated heterocycles. The van der Waals surface area contributed by atoms with E-state index in [1.165, 1.54) is 11.6 Å². The lowest BCUT2D eigenvalue weighted by molar-refractivity contribution is -0.00367. The maximum atomic E-state index is 13.2. The highest BCUT2D eigenvalue weighted by molar-refractivity contribution is 5.93. The molecule has 2 bridgehead atoms. The number of rotatable bonds is 3. The van der Waals surface area contributed by atoms with Gasteiger partial charge in [-0.3, -0.25) is 24.7 Å². The summed E-state index contributed by atoms with van der Waals surface area (Å²) >= 11 is 0. The Morgan fingerprint density at radius 2 is 1.93 bits per heavy atom. The van der Waals surface area contributed by atoms with Crippen LogP contribution in [0.2, 0.25) is 0 Å². The van der Waals surface area contributed by atoms with Crippen molar-refractivity contribution in [1.29, 1.82) is 0 Å². The molecule has 0 radical (unpaired) electrons. The largest absolute Gasteiger partial charge is 0.496 e. The number of benzene rings is 1. The zero-order chi connectivity index (χ0) is 18.5. The molecule has 0 unspecified atom stereocenters. The topological polar surface area (TPSA) is 81.4 Å². The van der Waals surface area contributed by atoms with Crippen molar-refractivity contribution in [3.8, 4) is 5.75 Å². The van der Waals surface area contributed by atoms with Crippen LogP contribution in [0.25, 0.3) is 0 Å². The third-order valence-electron chi connectivity index (χ3n) is 6.62. The molecule has 0 aliphatic carbocycles. The van der Waals surface area contributed by atoms with Crippen LogP contribution in [-0.2, 0) is 0 Å². The number of nitrogens with zero attached hydrogens (tertiary/aromatic N) is 2. The fourth-order valence-electron chi connectivity index (χ4n) is 5.50. The number of nitrogens with one attached hydrogen (secondary N) is 2. The third kappa shape index (κ3) is 2.52. The molecule has 1 amide bonds. The number of ether oxygens (including phenoxy) is 1. The van der Waals surface area contributed by atoms with Crippen LogP contribution in [0, 0.1) is 5.92 Å². The van der Waals surface area contributed by atoms with Crippen LogP contribution in [-0.4, -0.2) is 64.7 Å². The molecule has 7 heteroatoms. The van der Waals surface area contributed by atoms with Crippen LogP contribution in [0.1, 0.15) is 34.8 Å². The highest BCUT2D eigenvalue weighted by Gasteiger charge is 2.55. The highest BCUT2D eigenvalue weighted by Crippen LogP contribution is 2.48. The van der Waals surface area contributed by atoms with E-state index in [1.807, 2.05) is 23.1 Å². The van der Waals surface area contributed by atoms with Gasteiger partial charge in [-0.1, -0.05) is 18.2 Å². The number of methoxy groups -OCH3 is 1. The van der Waals surface area contributed by atoms with E-state index in [1.54, 1.807) is 7.11 Å². The van der Waals surface area contributed by atoms with E-state index < -0.39 is 0 Å². The molecule has 7 nitrogen and oxygen atoms in total. The Hall–Kier alpha value is -2.54. The number of piperidine rings is 3. The van der Waals surface area contributed by atoms with E-state index >= 15 is 0 Å². The molecule has 4 fully saturated rings. The first kappa shape index (κ1) is 16.6. The molecule has 2 aromatic rings. The van der Waals surface area contributed by atoms with E-state index in [2.05, 4.69) is 21.2 Å². The Kier molecular flexibility index (Phi) is 3.86. The fraction of sp³-hybridized carbons (Fsp3) is 0.500. The SMILES string of the molecule is COc1ccccc1[C@@H]1CN(C(=O)c2cc(=O)[nH][nH]2)[C@H]2C3CCN(CC3)[C@@H]12. The normalized spacial score (nSPS) is 31.7. The summed E-state index contributed by atoms with van der Waals surface area (Å²) in [4.78, 5) is 29.3. The number of amides is 1. The van der Waals surface area contributed by atoms with Gasteiger partial charge in [0, 0.05) is 30.1 Å². The van der Waals surface area contributed by atoms with Crippen LogP contribution in [0.15, 0.2) is 35.1 Å². The van der Waals surface area contributed by atoms with Gasteiger partial charge in [0.2, 0.25) is 0 Å². The van der Waals surface area contributed by atoms with Gasteiger partial charge >= 0.3 is 0 Å². The molecular weight excluding hydrogens is 344 g/mol. The van der Waals surface area contributed by atoms with Crippen molar-refractivity contribution in [3.05, 3.63) is 51.9 Å². The number of carbonyl (C=O) groups is 1. The van der Waals surface area contributed by atoms with Gasteiger partial charge in [-0.2, -0.15) is 0 Å². The number of H-pyrrole nitrogens is 2. The van der Waals surface area contributed by atoms with Crippen LogP contribution < -0.4 is 10.3 Å². The predicted molar refractivity (Wildman–Crippen MR) is 100 cm³/mol. The van der Waals surface area contributed by atoms with Crippen LogP contribution in [0.4, 0.5) is 0 Å². The second-order valence-electron chi connectivity index (χ2n) is 7.83. The number of likely N-dealkylation sites (tertiary alicyclic amines) is 1. The second-order valence-corrected chi connectivity index (χ2v) is 7.83. The standard InChI is InChI=1S/C20H24N4O3/c1-27-16-5-3-2-4-13(16)14-11-24(20(26)15-10-17(25)22-21-15)18-12-6-8-23(9-7-12)19(14)18/h2-5,10,12,14,18-19H,6-9,11H2,1H3,(H2,21,22,25)/t14-,18-,19-/m0/s1. The van der Waals surface area contributed by atoms with E-state index in [0.717, 1.165) is 31.7 Å². The maximum absolute atomic E-state index is 13.2. The minimum atomic E-state index is -0.274. The summed E-state index contributed by atoms with van der Waals surface area (Å²) in [5.41, 5.74) is 1.24. The molecular formula is C20H24N4O3. The number of hydrogen-bond acceptors (Lipinski definition) is 4. The first-order chi connectivity index (χ1) is 13.2.